The molecule has 0 saturated carbocycles. The van der Waals surface area contributed by atoms with Gasteiger partial charge in [-0.15, -0.1) is 0 Å². The lowest BCUT2D eigenvalue weighted by atomic mass is 9.72. The Morgan fingerprint density at radius 3 is 2.10 bits per heavy atom. The SMILES string of the molecule is CC(=O)CCCOc1ccc(C(C)(C)CC(C)(C)C)cc1. The van der Waals surface area contributed by atoms with Crippen LogP contribution in [0.3, 0.4) is 0 Å². The third kappa shape index (κ3) is 6.79. The molecule has 0 heterocycles. The van der Waals surface area contributed by atoms with Crippen molar-refractivity contribution in [2.75, 3.05) is 6.61 Å². The number of rotatable bonds is 7. The summed E-state index contributed by atoms with van der Waals surface area (Å²) in [7, 11) is 0. The first-order chi connectivity index (χ1) is 9.60. The van der Waals surface area contributed by atoms with E-state index in [1.165, 1.54) is 5.56 Å². The third-order valence-electron chi connectivity index (χ3n) is 3.55. The average Bonchev–Trinajstić information content (AvgIpc) is 2.32. The Morgan fingerprint density at radius 2 is 1.62 bits per heavy atom. The zero-order chi connectivity index (χ0) is 16.1. The first kappa shape index (κ1) is 17.7. The van der Waals surface area contributed by atoms with Crippen LogP contribution in [0.15, 0.2) is 24.3 Å². The van der Waals surface area contributed by atoms with Gasteiger partial charge in [0, 0.05) is 6.42 Å². The molecule has 0 spiro atoms. The van der Waals surface area contributed by atoms with Crippen LogP contribution in [0.1, 0.15) is 66.4 Å². The molecule has 2 heteroatoms. The molecule has 0 aromatic heterocycles. The van der Waals surface area contributed by atoms with Crippen molar-refractivity contribution in [3.63, 3.8) is 0 Å². The maximum absolute atomic E-state index is 10.9. The Balaban J connectivity index is 2.59. The minimum Gasteiger partial charge on any atom is -0.494 e. The molecule has 0 atom stereocenters. The van der Waals surface area contributed by atoms with Gasteiger partial charge in [-0.05, 0) is 48.3 Å². The number of hydrogen-bond acceptors (Lipinski definition) is 2. The lowest BCUT2D eigenvalue weighted by molar-refractivity contribution is -0.117. The second-order valence-electron chi connectivity index (χ2n) is 7.80. The molecule has 0 radical (unpaired) electrons. The lowest BCUT2D eigenvalue weighted by Gasteiger charge is -2.33. The summed E-state index contributed by atoms with van der Waals surface area (Å²) < 4.78 is 5.67. The van der Waals surface area contributed by atoms with Gasteiger partial charge in [0.2, 0.25) is 0 Å². The molecule has 118 valence electrons. The molecule has 0 aliphatic carbocycles. The number of ketones is 1. The molecule has 0 saturated heterocycles. The summed E-state index contributed by atoms with van der Waals surface area (Å²) in [5, 5.41) is 0. The molecule has 2 nitrogen and oxygen atoms in total. The van der Waals surface area contributed by atoms with Crippen molar-refractivity contribution in [2.24, 2.45) is 5.41 Å². The van der Waals surface area contributed by atoms with Gasteiger partial charge in [0.15, 0.2) is 0 Å². The molecule has 1 aromatic carbocycles. The number of ether oxygens (including phenoxy) is 1. The van der Waals surface area contributed by atoms with Gasteiger partial charge in [-0.25, -0.2) is 0 Å². The van der Waals surface area contributed by atoms with Crippen LogP contribution in [-0.2, 0) is 10.2 Å². The van der Waals surface area contributed by atoms with Crippen LogP contribution in [0.25, 0.3) is 0 Å². The molecular weight excluding hydrogens is 260 g/mol. The third-order valence-corrected chi connectivity index (χ3v) is 3.55. The van der Waals surface area contributed by atoms with Gasteiger partial charge in [0.05, 0.1) is 6.61 Å². The van der Waals surface area contributed by atoms with Crippen molar-refractivity contribution in [3.8, 4) is 5.75 Å². The van der Waals surface area contributed by atoms with Gasteiger partial charge in [0.1, 0.15) is 11.5 Å². The van der Waals surface area contributed by atoms with Gasteiger partial charge in [-0.2, -0.15) is 0 Å². The maximum atomic E-state index is 10.9. The van der Waals surface area contributed by atoms with E-state index in [1.807, 2.05) is 12.1 Å². The summed E-state index contributed by atoms with van der Waals surface area (Å²) in [6, 6.07) is 8.39. The maximum Gasteiger partial charge on any atom is 0.129 e. The summed E-state index contributed by atoms with van der Waals surface area (Å²) >= 11 is 0. The lowest BCUT2D eigenvalue weighted by Crippen LogP contribution is -2.24. The van der Waals surface area contributed by atoms with Crippen LogP contribution in [-0.4, -0.2) is 12.4 Å². The van der Waals surface area contributed by atoms with Crippen molar-refractivity contribution < 1.29 is 9.53 Å². The Hall–Kier alpha value is -1.31. The molecule has 1 aromatic rings. The van der Waals surface area contributed by atoms with E-state index in [9.17, 15) is 4.79 Å². The highest BCUT2D eigenvalue weighted by Gasteiger charge is 2.27. The van der Waals surface area contributed by atoms with Crippen molar-refractivity contribution in [1.29, 1.82) is 0 Å². The fourth-order valence-electron chi connectivity index (χ4n) is 2.94. The summed E-state index contributed by atoms with van der Waals surface area (Å²) in [5.41, 5.74) is 1.81. The van der Waals surface area contributed by atoms with Crippen LogP contribution in [0, 0.1) is 5.41 Å². The predicted molar refractivity (Wildman–Crippen MR) is 89.0 cm³/mol. The van der Waals surface area contributed by atoms with E-state index in [0.717, 1.165) is 18.6 Å². The first-order valence-electron chi connectivity index (χ1n) is 7.83. The zero-order valence-electron chi connectivity index (χ0n) is 14.5. The van der Waals surface area contributed by atoms with Gasteiger partial charge in [-0.1, -0.05) is 46.8 Å². The van der Waals surface area contributed by atoms with Gasteiger partial charge < -0.3 is 9.53 Å². The van der Waals surface area contributed by atoms with E-state index in [2.05, 4.69) is 46.8 Å². The second kappa shape index (κ2) is 7.11. The first-order valence-corrected chi connectivity index (χ1v) is 7.83. The fourth-order valence-corrected chi connectivity index (χ4v) is 2.94. The minimum atomic E-state index is 0.158. The Labute approximate surface area is 129 Å². The standard InChI is InChI=1S/C19H30O2/c1-15(20)8-7-13-21-17-11-9-16(10-12-17)19(5,6)14-18(2,3)4/h9-12H,7-8,13-14H2,1-6H3. The predicted octanol–water partition coefficient (Wildman–Crippen LogP) is 5.15. The quantitative estimate of drug-likeness (QED) is 0.649. The molecule has 21 heavy (non-hydrogen) atoms. The van der Waals surface area contributed by atoms with Crippen LogP contribution in [0.4, 0.5) is 0 Å². The summed E-state index contributed by atoms with van der Waals surface area (Å²) in [6.45, 7) is 13.6. The van der Waals surface area contributed by atoms with Crippen LogP contribution < -0.4 is 4.74 Å². The van der Waals surface area contributed by atoms with E-state index < -0.39 is 0 Å². The van der Waals surface area contributed by atoms with Crippen LogP contribution in [0.5, 0.6) is 5.75 Å². The Kier molecular flexibility index (Phi) is 6.00. The topological polar surface area (TPSA) is 26.3 Å². The highest BCUT2D eigenvalue weighted by atomic mass is 16.5. The average molecular weight is 290 g/mol. The molecule has 1 rings (SSSR count). The molecule has 0 aliphatic heterocycles. The smallest absolute Gasteiger partial charge is 0.129 e. The van der Waals surface area contributed by atoms with E-state index in [-0.39, 0.29) is 11.2 Å². The van der Waals surface area contributed by atoms with Crippen molar-refractivity contribution in [1.82, 2.24) is 0 Å². The highest BCUT2D eigenvalue weighted by Crippen LogP contribution is 2.36. The summed E-state index contributed by atoms with van der Waals surface area (Å²) in [5.74, 6) is 1.10. The second-order valence-corrected chi connectivity index (χ2v) is 7.80. The summed E-state index contributed by atoms with van der Waals surface area (Å²) in [4.78, 5) is 10.9. The van der Waals surface area contributed by atoms with Gasteiger partial charge >= 0.3 is 0 Å². The molecule has 0 unspecified atom stereocenters. The van der Waals surface area contributed by atoms with Crippen molar-refractivity contribution >= 4 is 5.78 Å². The number of benzene rings is 1. The van der Waals surface area contributed by atoms with E-state index >= 15 is 0 Å². The highest BCUT2D eigenvalue weighted by molar-refractivity contribution is 5.75. The number of Topliss-reactive ketones (excluding diaryl/α,β-unsaturated/α-hetero) is 1. The molecule has 0 N–H and O–H groups in total. The monoisotopic (exact) mass is 290 g/mol. The number of carbonyl (C=O) groups excluding carboxylic acids is 1. The zero-order valence-corrected chi connectivity index (χ0v) is 14.5. The summed E-state index contributed by atoms with van der Waals surface area (Å²) in [6.07, 6.45) is 2.52. The Bertz CT molecular complexity index is 449. The molecule has 0 amide bonds. The van der Waals surface area contributed by atoms with Gasteiger partial charge in [0.25, 0.3) is 0 Å². The number of carbonyl (C=O) groups is 1. The van der Waals surface area contributed by atoms with E-state index in [0.29, 0.717) is 18.4 Å². The fraction of sp³-hybridized carbons (Fsp3) is 0.632. The minimum absolute atomic E-state index is 0.158. The van der Waals surface area contributed by atoms with Crippen LogP contribution in [0.2, 0.25) is 0 Å². The van der Waals surface area contributed by atoms with Crippen LogP contribution >= 0.6 is 0 Å². The Morgan fingerprint density at radius 1 is 1.05 bits per heavy atom. The largest absolute Gasteiger partial charge is 0.494 e. The normalized spacial score (nSPS) is 12.3. The van der Waals surface area contributed by atoms with Crippen molar-refractivity contribution in [3.05, 3.63) is 29.8 Å². The van der Waals surface area contributed by atoms with E-state index in [4.69, 9.17) is 4.74 Å². The molecule has 0 aliphatic rings. The van der Waals surface area contributed by atoms with E-state index in [1.54, 1.807) is 6.92 Å². The van der Waals surface area contributed by atoms with Gasteiger partial charge in [-0.3, -0.25) is 0 Å². The molecule has 0 fully saturated rings. The molecule has 0 bridgehead atoms. The van der Waals surface area contributed by atoms with Crippen molar-refractivity contribution in [2.45, 2.75) is 66.2 Å². The number of hydrogen-bond donors (Lipinski definition) is 0. The molecular formula is C19H30O2.